The number of nitrogens with one attached hydrogen (secondary N) is 1. The molecule has 0 fully saturated rings. The third-order valence-electron chi connectivity index (χ3n) is 1.90. The molecule has 0 aromatic carbocycles. The molecule has 1 aromatic heterocycles. The van der Waals surface area contributed by atoms with Crippen molar-refractivity contribution in [3.63, 3.8) is 0 Å². The zero-order valence-corrected chi connectivity index (χ0v) is 8.44. The molecule has 0 atom stereocenters. The minimum Gasteiger partial charge on any atom is -0.504 e. The molecule has 4 N–H and O–H groups in total. The summed E-state index contributed by atoms with van der Waals surface area (Å²) in [6.45, 7) is 0.585. The molecule has 0 spiro atoms. The van der Waals surface area contributed by atoms with Gasteiger partial charge in [0.25, 0.3) is 0 Å². The molecule has 0 saturated heterocycles. The van der Waals surface area contributed by atoms with Gasteiger partial charge in [0.2, 0.25) is 5.91 Å². The van der Waals surface area contributed by atoms with Crippen LogP contribution in [0.1, 0.15) is 19.3 Å². The first-order valence-electron chi connectivity index (χ1n) is 4.88. The van der Waals surface area contributed by atoms with Crippen molar-refractivity contribution in [3.8, 4) is 5.75 Å². The number of unbranched alkanes of at least 4 members (excludes halogenated alkanes) is 1. The largest absolute Gasteiger partial charge is 0.504 e. The monoisotopic (exact) mass is 209 g/mol. The van der Waals surface area contributed by atoms with Crippen LogP contribution in [0.2, 0.25) is 0 Å². The first-order chi connectivity index (χ1) is 7.24. The fourth-order valence-corrected chi connectivity index (χ4v) is 1.12. The summed E-state index contributed by atoms with van der Waals surface area (Å²) in [6, 6.07) is 3.07. The molecule has 5 heteroatoms. The normalized spacial score (nSPS) is 9.93. The fraction of sp³-hybridized carbons (Fsp3) is 0.400. The average Bonchev–Trinajstić information content (AvgIpc) is 2.22. The Morgan fingerprint density at radius 2 is 2.33 bits per heavy atom. The quantitative estimate of drug-likeness (QED) is 0.627. The second-order valence-corrected chi connectivity index (χ2v) is 3.17. The third kappa shape index (κ3) is 3.95. The molecule has 82 valence electrons. The summed E-state index contributed by atoms with van der Waals surface area (Å²) in [5.41, 5.74) is 5.31. The van der Waals surface area contributed by atoms with E-state index in [0.717, 1.165) is 12.8 Å². The number of carbonyl (C=O) groups excluding carboxylic acids is 1. The van der Waals surface area contributed by atoms with Crippen LogP contribution in [0.15, 0.2) is 18.3 Å². The Morgan fingerprint density at radius 3 is 3.00 bits per heavy atom. The van der Waals surface area contributed by atoms with Crippen LogP contribution < -0.4 is 11.1 Å². The highest BCUT2D eigenvalue weighted by atomic mass is 16.3. The first-order valence-corrected chi connectivity index (χ1v) is 4.88. The van der Waals surface area contributed by atoms with Crippen molar-refractivity contribution in [2.75, 3.05) is 11.9 Å². The van der Waals surface area contributed by atoms with Gasteiger partial charge < -0.3 is 16.2 Å². The molecule has 0 radical (unpaired) electrons. The van der Waals surface area contributed by atoms with E-state index in [1.54, 1.807) is 6.07 Å². The predicted octanol–water partition coefficient (Wildman–Crippen LogP) is 0.855. The zero-order valence-electron chi connectivity index (χ0n) is 8.44. The number of hydrogen-bond donors (Lipinski definition) is 3. The third-order valence-corrected chi connectivity index (χ3v) is 1.90. The van der Waals surface area contributed by atoms with Crippen molar-refractivity contribution < 1.29 is 9.90 Å². The molecule has 0 aliphatic rings. The number of anilines is 1. The van der Waals surface area contributed by atoms with Gasteiger partial charge in [-0.3, -0.25) is 4.79 Å². The molecule has 0 aliphatic heterocycles. The van der Waals surface area contributed by atoms with Gasteiger partial charge in [-0.05, 0) is 31.5 Å². The number of rotatable bonds is 5. The molecular weight excluding hydrogens is 194 g/mol. The topological polar surface area (TPSA) is 88.2 Å². The Balaban J connectivity index is 2.41. The predicted molar refractivity (Wildman–Crippen MR) is 57.4 cm³/mol. The Labute approximate surface area is 88.3 Å². The van der Waals surface area contributed by atoms with E-state index in [9.17, 15) is 9.90 Å². The standard InChI is InChI=1S/C10H15N3O2/c11-6-2-1-5-9(15)13-10-8(14)4-3-7-12-10/h3-4,7,14H,1-2,5-6,11H2,(H,12,13,15). The van der Waals surface area contributed by atoms with E-state index < -0.39 is 0 Å². The van der Waals surface area contributed by atoms with Gasteiger partial charge in [-0.25, -0.2) is 4.98 Å². The summed E-state index contributed by atoms with van der Waals surface area (Å²) < 4.78 is 0. The van der Waals surface area contributed by atoms with E-state index in [-0.39, 0.29) is 17.5 Å². The molecule has 0 saturated carbocycles. The van der Waals surface area contributed by atoms with Gasteiger partial charge in [0, 0.05) is 12.6 Å². The van der Waals surface area contributed by atoms with Crippen molar-refractivity contribution in [1.82, 2.24) is 4.98 Å². The van der Waals surface area contributed by atoms with Crippen molar-refractivity contribution in [3.05, 3.63) is 18.3 Å². The summed E-state index contributed by atoms with van der Waals surface area (Å²) in [5.74, 6) is 0.0253. The summed E-state index contributed by atoms with van der Waals surface area (Å²) in [7, 11) is 0. The van der Waals surface area contributed by atoms with Crippen LogP contribution in [-0.2, 0) is 4.79 Å². The first kappa shape index (κ1) is 11.5. The van der Waals surface area contributed by atoms with Gasteiger partial charge in [-0.2, -0.15) is 0 Å². The van der Waals surface area contributed by atoms with Crippen LogP contribution in [0.3, 0.4) is 0 Å². The molecule has 0 aliphatic carbocycles. The van der Waals surface area contributed by atoms with E-state index in [1.807, 2.05) is 0 Å². The SMILES string of the molecule is NCCCCC(=O)Nc1ncccc1O. The summed E-state index contributed by atoms with van der Waals surface area (Å²) in [6.07, 6.45) is 3.47. The van der Waals surface area contributed by atoms with E-state index in [0.29, 0.717) is 13.0 Å². The molecule has 15 heavy (non-hydrogen) atoms. The average molecular weight is 209 g/mol. The van der Waals surface area contributed by atoms with Crippen LogP contribution in [0.25, 0.3) is 0 Å². The number of hydrogen-bond acceptors (Lipinski definition) is 4. The molecule has 1 heterocycles. The number of nitrogens with two attached hydrogens (primary N) is 1. The zero-order chi connectivity index (χ0) is 11.1. The number of aromatic hydroxyl groups is 1. The lowest BCUT2D eigenvalue weighted by atomic mass is 10.2. The molecule has 1 aromatic rings. The van der Waals surface area contributed by atoms with Crippen molar-refractivity contribution >= 4 is 11.7 Å². The summed E-state index contributed by atoms with van der Waals surface area (Å²) >= 11 is 0. The maximum atomic E-state index is 11.3. The number of amides is 1. The Hall–Kier alpha value is -1.62. The second kappa shape index (κ2) is 5.98. The van der Waals surface area contributed by atoms with Crippen molar-refractivity contribution in [2.24, 2.45) is 5.73 Å². The Morgan fingerprint density at radius 1 is 1.53 bits per heavy atom. The summed E-state index contributed by atoms with van der Waals surface area (Å²) in [5, 5.41) is 11.9. The Bertz CT molecular complexity index is 328. The molecule has 5 nitrogen and oxygen atoms in total. The highest BCUT2D eigenvalue weighted by molar-refractivity contribution is 5.90. The maximum absolute atomic E-state index is 11.3. The van der Waals surface area contributed by atoms with Gasteiger partial charge in [0.15, 0.2) is 11.6 Å². The van der Waals surface area contributed by atoms with Crippen LogP contribution in [0, 0.1) is 0 Å². The van der Waals surface area contributed by atoms with Crippen molar-refractivity contribution in [1.29, 1.82) is 0 Å². The second-order valence-electron chi connectivity index (χ2n) is 3.17. The molecular formula is C10H15N3O2. The highest BCUT2D eigenvalue weighted by Crippen LogP contribution is 2.18. The number of aromatic nitrogens is 1. The summed E-state index contributed by atoms with van der Waals surface area (Å²) in [4.78, 5) is 15.2. The lowest BCUT2D eigenvalue weighted by Crippen LogP contribution is -2.13. The van der Waals surface area contributed by atoms with Gasteiger partial charge in [0.1, 0.15) is 0 Å². The minimum absolute atomic E-state index is 0.0234. The van der Waals surface area contributed by atoms with E-state index >= 15 is 0 Å². The number of carbonyl (C=O) groups is 1. The lowest BCUT2D eigenvalue weighted by molar-refractivity contribution is -0.116. The van der Waals surface area contributed by atoms with Gasteiger partial charge >= 0.3 is 0 Å². The van der Waals surface area contributed by atoms with Crippen LogP contribution >= 0.6 is 0 Å². The number of nitrogens with zero attached hydrogens (tertiary/aromatic N) is 1. The van der Waals surface area contributed by atoms with Crippen LogP contribution in [-0.4, -0.2) is 22.5 Å². The van der Waals surface area contributed by atoms with E-state index in [4.69, 9.17) is 5.73 Å². The van der Waals surface area contributed by atoms with E-state index in [1.165, 1.54) is 12.3 Å². The van der Waals surface area contributed by atoms with Crippen molar-refractivity contribution in [2.45, 2.75) is 19.3 Å². The molecule has 0 bridgehead atoms. The van der Waals surface area contributed by atoms with Gasteiger partial charge in [-0.15, -0.1) is 0 Å². The van der Waals surface area contributed by atoms with Gasteiger partial charge in [-0.1, -0.05) is 0 Å². The smallest absolute Gasteiger partial charge is 0.225 e. The van der Waals surface area contributed by atoms with Crippen LogP contribution in [0.5, 0.6) is 5.75 Å². The van der Waals surface area contributed by atoms with E-state index in [2.05, 4.69) is 10.3 Å². The number of pyridine rings is 1. The maximum Gasteiger partial charge on any atom is 0.225 e. The minimum atomic E-state index is -0.155. The lowest BCUT2D eigenvalue weighted by Gasteiger charge is -2.05. The Kier molecular flexibility index (Phi) is 4.56. The molecule has 0 unspecified atom stereocenters. The van der Waals surface area contributed by atoms with Crippen LogP contribution in [0.4, 0.5) is 5.82 Å². The van der Waals surface area contributed by atoms with Gasteiger partial charge in [0.05, 0.1) is 0 Å². The highest BCUT2D eigenvalue weighted by Gasteiger charge is 2.05. The molecule has 1 rings (SSSR count). The fourth-order valence-electron chi connectivity index (χ4n) is 1.12. The molecule has 1 amide bonds.